The van der Waals surface area contributed by atoms with Gasteiger partial charge in [-0.1, -0.05) is 56.7 Å². The van der Waals surface area contributed by atoms with Gasteiger partial charge in [0.2, 0.25) is 11.8 Å². The third-order valence-electron chi connectivity index (χ3n) is 11.9. The number of hydrogen-bond acceptors (Lipinski definition) is 7. The molecule has 4 heterocycles. The van der Waals surface area contributed by atoms with Crippen LogP contribution in [0.2, 0.25) is 0 Å². The van der Waals surface area contributed by atoms with Crippen LogP contribution in [0.15, 0.2) is 48.6 Å². The van der Waals surface area contributed by atoms with Gasteiger partial charge in [0, 0.05) is 42.4 Å². The SMILES string of the molecule is O=C(/C=C/c1ccc2c(c1)CCN2C(=O)C1CCCCC1)O[C@@H]1CO[C@H]2[C@@H]1OC[C@H]2C(=O)/C=C/c1ccc2c(c1)CCN2C(=O)C1CCCCC1. The zero-order valence-electron chi connectivity index (χ0n) is 29.3. The fraction of sp³-hybridized carbons (Fsp3) is 0.524. The number of benzene rings is 2. The molecule has 2 aromatic rings. The molecule has 51 heavy (non-hydrogen) atoms. The van der Waals surface area contributed by atoms with Crippen molar-refractivity contribution in [3.63, 3.8) is 0 Å². The van der Waals surface area contributed by atoms with Gasteiger partial charge in [-0.05, 0) is 97.2 Å². The normalized spacial score (nSPS) is 26.5. The Balaban J connectivity index is 0.829. The van der Waals surface area contributed by atoms with E-state index < -0.39 is 30.2 Å². The van der Waals surface area contributed by atoms with Gasteiger partial charge in [-0.15, -0.1) is 0 Å². The second kappa shape index (κ2) is 14.9. The molecule has 0 aromatic heterocycles. The zero-order chi connectivity index (χ0) is 34.9. The molecule has 2 amide bonds. The van der Waals surface area contributed by atoms with E-state index in [0.29, 0.717) is 13.1 Å². The van der Waals surface area contributed by atoms with Gasteiger partial charge in [0.25, 0.3) is 0 Å². The highest BCUT2D eigenvalue weighted by atomic mass is 16.6. The third-order valence-corrected chi connectivity index (χ3v) is 11.9. The summed E-state index contributed by atoms with van der Waals surface area (Å²) in [6.07, 6.45) is 17.6. The average Bonchev–Trinajstić information content (AvgIpc) is 3.97. The molecule has 4 aliphatic heterocycles. The van der Waals surface area contributed by atoms with Crippen molar-refractivity contribution >= 4 is 47.1 Å². The Morgan fingerprint density at radius 3 is 1.75 bits per heavy atom. The van der Waals surface area contributed by atoms with Crippen LogP contribution in [0, 0.1) is 17.8 Å². The lowest BCUT2D eigenvalue weighted by molar-refractivity contribution is -0.147. The number of ketones is 1. The Kier molecular flexibility index (Phi) is 9.93. The van der Waals surface area contributed by atoms with E-state index in [1.54, 1.807) is 12.2 Å². The lowest BCUT2D eigenvalue weighted by Crippen LogP contribution is -2.35. The van der Waals surface area contributed by atoms with Crippen LogP contribution in [0.3, 0.4) is 0 Å². The quantitative estimate of drug-likeness (QED) is 0.238. The number of anilines is 2. The molecule has 9 nitrogen and oxygen atoms in total. The molecule has 4 atom stereocenters. The predicted octanol–water partition coefficient (Wildman–Crippen LogP) is 6.25. The topological polar surface area (TPSA) is 102 Å². The summed E-state index contributed by atoms with van der Waals surface area (Å²) in [6, 6.07) is 12.0. The van der Waals surface area contributed by atoms with Crippen LogP contribution in [0.1, 0.15) is 86.5 Å². The molecular formula is C42H48N2O7. The number of allylic oxidation sites excluding steroid dienone is 1. The number of carbonyl (C=O) groups excluding carboxylic acids is 4. The molecule has 0 spiro atoms. The summed E-state index contributed by atoms with van der Waals surface area (Å²) in [5.41, 5.74) is 6.04. The summed E-state index contributed by atoms with van der Waals surface area (Å²) >= 11 is 0. The van der Waals surface area contributed by atoms with E-state index in [4.69, 9.17) is 14.2 Å². The van der Waals surface area contributed by atoms with E-state index in [-0.39, 0.29) is 42.6 Å². The van der Waals surface area contributed by atoms with Crippen LogP contribution >= 0.6 is 0 Å². The molecule has 0 radical (unpaired) electrons. The van der Waals surface area contributed by atoms with Crippen LogP contribution in [0.4, 0.5) is 11.4 Å². The number of carbonyl (C=O) groups is 4. The van der Waals surface area contributed by atoms with Crippen molar-refractivity contribution < 1.29 is 33.4 Å². The first kappa shape index (κ1) is 34.0. The molecule has 8 rings (SSSR count). The first-order chi connectivity index (χ1) is 24.9. The summed E-state index contributed by atoms with van der Waals surface area (Å²) < 4.78 is 17.6. The van der Waals surface area contributed by atoms with Crippen molar-refractivity contribution in [3.05, 3.63) is 70.8 Å². The van der Waals surface area contributed by atoms with Crippen LogP contribution in [0.5, 0.6) is 0 Å². The minimum absolute atomic E-state index is 0.0837. The van der Waals surface area contributed by atoms with Crippen molar-refractivity contribution in [2.75, 3.05) is 36.1 Å². The third kappa shape index (κ3) is 7.07. The standard InChI is InChI=1S/C42H48N2O7/c45-36(17-13-27-11-15-34-31(23-27)19-21-43(34)41(47)29-7-3-1-4-8-29)33-25-49-40-37(26-50-39(33)40)51-38(46)18-14-28-12-16-35-32(24-28)20-22-44(35)42(48)30-9-5-2-6-10-30/h11-18,23-24,29-30,33,37,39-40H,1-10,19-22,25-26H2/b17-13+,18-14+/t33-,37+,39+,40+/m0/s1. The highest BCUT2D eigenvalue weighted by Crippen LogP contribution is 2.37. The van der Waals surface area contributed by atoms with Gasteiger partial charge in [-0.2, -0.15) is 0 Å². The molecule has 2 aliphatic carbocycles. The van der Waals surface area contributed by atoms with Crippen molar-refractivity contribution in [1.29, 1.82) is 0 Å². The Hall–Kier alpha value is -4.08. The zero-order valence-corrected chi connectivity index (χ0v) is 29.3. The van der Waals surface area contributed by atoms with Gasteiger partial charge >= 0.3 is 5.97 Å². The summed E-state index contributed by atoms with van der Waals surface area (Å²) in [4.78, 5) is 56.3. The van der Waals surface area contributed by atoms with Gasteiger partial charge in [0.1, 0.15) is 6.10 Å². The lowest BCUT2D eigenvalue weighted by Gasteiger charge is -2.26. The van der Waals surface area contributed by atoms with Gasteiger partial charge < -0.3 is 24.0 Å². The van der Waals surface area contributed by atoms with Crippen LogP contribution in [-0.2, 0) is 46.2 Å². The fourth-order valence-corrected chi connectivity index (χ4v) is 9.11. The van der Waals surface area contributed by atoms with Crippen molar-refractivity contribution in [2.24, 2.45) is 17.8 Å². The molecule has 2 saturated heterocycles. The Labute approximate surface area is 300 Å². The number of hydrogen-bond donors (Lipinski definition) is 0. The maximum absolute atomic E-state index is 13.3. The van der Waals surface area contributed by atoms with E-state index in [1.807, 2.05) is 46.2 Å². The maximum atomic E-state index is 13.3. The van der Waals surface area contributed by atoms with E-state index in [9.17, 15) is 19.2 Å². The number of esters is 1. The molecule has 2 saturated carbocycles. The Bertz CT molecular complexity index is 1740. The summed E-state index contributed by atoms with van der Waals surface area (Å²) in [5, 5.41) is 0. The fourth-order valence-electron chi connectivity index (χ4n) is 9.11. The molecule has 0 N–H and O–H groups in total. The lowest BCUT2D eigenvalue weighted by atomic mass is 9.88. The molecule has 4 fully saturated rings. The van der Waals surface area contributed by atoms with Crippen molar-refractivity contribution in [1.82, 2.24) is 0 Å². The smallest absolute Gasteiger partial charge is 0.331 e. The van der Waals surface area contributed by atoms with Crippen molar-refractivity contribution in [2.45, 2.75) is 95.4 Å². The average molecular weight is 693 g/mol. The Morgan fingerprint density at radius 1 is 0.647 bits per heavy atom. The van der Waals surface area contributed by atoms with Gasteiger partial charge in [0.05, 0.1) is 25.2 Å². The van der Waals surface area contributed by atoms with Crippen molar-refractivity contribution in [3.8, 4) is 0 Å². The second-order valence-corrected chi connectivity index (χ2v) is 15.2. The minimum Gasteiger partial charge on any atom is -0.454 e. The molecule has 0 bridgehead atoms. The molecular weight excluding hydrogens is 644 g/mol. The number of nitrogens with zero attached hydrogens (tertiary/aromatic N) is 2. The number of rotatable bonds is 8. The summed E-state index contributed by atoms with van der Waals surface area (Å²) in [5.74, 6) is -0.259. The first-order valence-corrected chi connectivity index (χ1v) is 19.2. The largest absolute Gasteiger partial charge is 0.454 e. The first-order valence-electron chi connectivity index (χ1n) is 19.2. The highest BCUT2D eigenvalue weighted by molar-refractivity contribution is 5.99. The maximum Gasteiger partial charge on any atom is 0.331 e. The van der Waals surface area contributed by atoms with E-state index in [1.165, 1.54) is 18.9 Å². The van der Waals surface area contributed by atoms with Gasteiger partial charge in [-0.25, -0.2) is 4.79 Å². The Morgan fingerprint density at radius 2 is 1.18 bits per heavy atom. The van der Waals surface area contributed by atoms with E-state index in [2.05, 4.69) is 6.07 Å². The van der Waals surface area contributed by atoms with Crippen LogP contribution in [0.25, 0.3) is 12.2 Å². The molecule has 2 aromatic carbocycles. The van der Waals surface area contributed by atoms with E-state index in [0.717, 1.165) is 97.8 Å². The monoisotopic (exact) mass is 692 g/mol. The minimum atomic E-state index is -0.593. The van der Waals surface area contributed by atoms with Gasteiger partial charge in [0.15, 0.2) is 11.9 Å². The van der Waals surface area contributed by atoms with Crippen LogP contribution in [-0.4, -0.2) is 68.2 Å². The molecule has 9 heteroatoms. The molecule has 268 valence electrons. The molecule has 0 unspecified atom stereocenters. The predicted molar refractivity (Wildman–Crippen MR) is 194 cm³/mol. The van der Waals surface area contributed by atoms with Crippen LogP contribution < -0.4 is 9.80 Å². The summed E-state index contributed by atoms with van der Waals surface area (Å²) in [6.45, 7) is 1.81. The second-order valence-electron chi connectivity index (χ2n) is 15.2. The van der Waals surface area contributed by atoms with E-state index >= 15 is 0 Å². The summed E-state index contributed by atoms with van der Waals surface area (Å²) in [7, 11) is 0. The number of fused-ring (bicyclic) bond motifs is 3. The molecule has 6 aliphatic rings. The highest BCUT2D eigenvalue weighted by Gasteiger charge is 2.51. The number of ether oxygens (including phenoxy) is 3. The number of amides is 2. The van der Waals surface area contributed by atoms with Gasteiger partial charge in [-0.3, -0.25) is 14.4 Å².